The fraction of sp³-hybridized carbons (Fsp3) is 0.533. The average molecular weight is 243 g/mol. The first kappa shape index (κ1) is 13.1. The normalized spacial score (nSPS) is 16.7. The summed E-state index contributed by atoms with van der Waals surface area (Å²) in [6.07, 6.45) is 2.56. The van der Waals surface area contributed by atoms with Gasteiger partial charge in [0.1, 0.15) is 0 Å². The lowest BCUT2D eigenvalue weighted by Gasteiger charge is -2.27. The smallest absolute Gasteiger partial charge is 0.0991 e. The van der Waals surface area contributed by atoms with Crippen molar-refractivity contribution in [1.29, 1.82) is 5.26 Å². The lowest BCUT2D eigenvalue weighted by Crippen LogP contribution is -2.34. The number of rotatable bonds is 4. The maximum Gasteiger partial charge on any atom is 0.0991 e. The number of piperidine rings is 1. The molecular formula is C15H21N3. The van der Waals surface area contributed by atoms with E-state index in [4.69, 9.17) is 5.26 Å². The molecule has 1 N–H and O–H groups in total. The molecule has 0 bridgehead atoms. The molecule has 0 amide bonds. The molecule has 0 aliphatic carbocycles. The number of nitrogens with zero attached hydrogens (tertiary/aromatic N) is 2. The van der Waals surface area contributed by atoms with E-state index in [1.807, 2.05) is 18.2 Å². The molecule has 0 unspecified atom stereocenters. The number of nitrogens with one attached hydrogen (secondary N) is 1. The van der Waals surface area contributed by atoms with Crippen LogP contribution in [0.2, 0.25) is 0 Å². The molecule has 18 heavy (non-hydrogen) atoms. The van der Waals surface area contributed by atoms with E-state index >= 15 is 0 Å². The zero-order valence-electron chi connectivity index (χ0n) is 11.0. The van der Waals surface area contributed by atoms with Gasteiger partial charge >= 0.3 is 0 Å². The third-order valence-electron chi connectivity index (χ3n) is 3.54. The van der Waals surface area contributed by atoms with Gasteiger partial charge in [-0.1, -0.05) is 12.1 Å². The van der Waals surface area contributed by atoms with E-state index in [1.54, 1.807) is 0 Å². The Balaban J connectivity index is 1.86. The third-order valence-corrected chi connectivity index (χ3v) is 3.54. The van der Waals surface area contributed by atoms with Crippen molar-refractivity contribution in [1.82, 2.24) is 10.2 Å². The lowest BCUT2D eigenvalue weighted by molar-refractivity contribution is 0.234. The van der Waals surface area contributed by atoms with Gasteiger partial charge in [-0.3, -0.25) is 0 Å². The van der Waals surface area contributed by atoms with Gasteiger partial charge in [0.2, 0.25) is 0 Å². The number of hydrogen-bond donors (Lipinski definition) is 1. The molecule has 96 valence electrons. The molecule has 1 aromatic carbocycles. The molecule has 1 saturated heterocycles. The molecule has 0 radical (unpaired) electrons. The fourth-order valence-corrected chi connectivity index (χ4v) is 2.62. The van der Waals surface area contributed by atoms with Crippen molar-refractivity contribution in [3.05, 3.63) is 35.4 Å². The zero-order chi connectivity index (χ0) is 12.8. The van der Waals surface area contributed by atoms with Gasteiger partial charge in [-0.05, 0) is 56.6 Å². The molecule has 2 rings (SSSR count). The zero-order valence-corrected chi connectivity index (χ0v) is 11.0. The van der Waals surface area contributed by atoms with Crippen molar-refractivity contribution >= 4 is 0 Å². The Morgan fingerprint density at radius 2 is 2.17 bits per heavy atom. The summed E-state index contributed by atoms with van der Waals surface area (Å²) in [5, 5.41) is 12.3. The van der Waals surface area contributed by atoms with Crippen LogP contribution in [-0.2, 0) is 6.54 Å². The van der Waals surface area contributed by atoms with E-state index in [9.17, 15) is 0 Å². The van der Waals surface area contributed by atoms with Gasteiger partial charge in [0.15, 0.2) is 0 Å². The SMILES string of the molecule is CN(Cc1cccc(C#N)c1)CC1CCNCC1. The van der Waals surface area contributed by atoms with Crippen molar-refractivity contribution < 1.29 is 0 Å². The van der Waals surface area contributed by atoms with E-state index < -0.39 is 0 Å². The Morgan fingerprint density at radius 1 is 1.39 bits per heavy atom. The molecule has 1 aromatic rings. The molecule has 1 fully saturated rings. The van der Waals surface area contributed by atoms with Crippen LogP contribution in [-0.4, -0.2) is 31.6 Å². The van der Waals surface area contributed by atoms with E-state index in [2.05, 4.69) is 29.4 Å². The molecule has 0 atom stereocenters. The van der Waals surface area contributed by atoms with Crippen LogP contribution in [0.25, 0.3) is 0 Å². The van der Waals surface area contributed by atoms with E-state index in [0.29, 0.717) is 0 Å². The number of benzene rings is 1. The molecule has 0 aromatic heterocycles. The highest BCUT2D eigenvalue weighted by Crippen LogP contribution is 2.14. The maximum atomic E-state index is 8.89. The van der Waals surface area contributed by atoms with E-state index in [0.717, 1.165) is 37.7 Å². The first-order valence-corrected chi connectivity index (χ1v) is 6.66. The highest BCUT2D eigenvalue weighted by molar-refractivity contribution is 5.32. The summed E-state index contributed by atoms with van der Waals surface area (Å²) in [5.74, 6) is 0.815. The number of nitriles is 1. The summed E-state index contributed by atoms with van der Waals surface area (Å²) in [4.78, 5) is 2.37. The minimum absolute atomic E-state index is 0.753. The minimum atomic E-state index is 0.753. The summed E-state index contributed by atoms with van der Waals surface area (Å²) in [7, 11) is 2.17. The summed E-state index contributed by atoms with van der Waals surface area (Å²) in [6.45, 7) is 4.39. The monoisotopic (exact) mass is 243 g/mol. The highest BCUT2D eigenvalue weighted by Gasteiger charge is 2.14. The van der Waals surface area contributed by atoms with Gasteiger partial charge in [0.25, 0.3) is 0 Å². The Labute approximate surface area is 109 Å². The minimum Gasteiger partial charge on any atom is -0.317 e. The van der Waals surface area contributed by atoms with Crippen LogP contribution in [0.5, 0.6) is 0 Å². The molecule has 1 aliphatic heterocycles. The van der Waals surface area contributed by atoms with Gasteiger partial charge in [-0.25, -0.2) is 0 Å². The molecule has 1 aliphatic rings. The molecular weight excluding hydrogens is 222 g/mol. The van der Waals surface area contributed by atoms with Crippen LogP contribution in [0.1, 0.15) is 24.0 Å². The number of hydrogen-bond acceptors (Lipinski definition) is 3. The average Bonchev–Trinajstić information content (AvgIpc) is 2.40. The third kappa shape index (κ3) is 3.83. The summed E-state index contributed by atoms with van der Waals surface area (Å²) < 4.78 is 0. The Hall–Kier alpha value is -1.37. The van der Waals surface area contributed by atoms with Crippen LogP contribution in [0.4, 0.5) is 0 Å². The standard InChI is InChI=1S/C15H21N3/c1-18(11-13-5-7-17-8-6-13)12-15-4-2-3-14(9-15)10-16/h2-4,9,13,17H,5-8,11-12H2,1H3. The summed E-state index contributed by atoms with van der Waals surface area (Å²) in [5.41, 5.74) is 1.98. The van der Waals surface area contributed by atoms with E-state index in [-0.39, 0.29) is 0 Å². The van der Waals surface area contributed by atoms with Crippen LogP contribution < -0.4 is 5.32 Å². The summed E-state index contributed by atoms with van der Waals surface area (Å²) >= 11 is 0. The van der Waals surface area contributed by atoms with Crippen LogP contribution in [0.15, 0.2) is 24.3 Å². The lowest BCUT2D eigenvalue weighted by atomic mass is 9.97. The maximum absolute atomic E-state index is 8.89. The van der Waals surface area contributed by atoms with Gasteiger partial charge in [0, 0.05) is 13.1 Å². The predicted octanol–water partition coefficient (Wildman–Crippen LogP) is 1.99. The van der Waals surface area contributed by atoms with Crippen LogP contribution >= 0.6 is 0 Å². The van der Waals surface area contributed by atoms with Crippen molar-refractivity contribution in [2.24, 2.45) is 5.92 Å². The fourth-order valence-electron chi connectivity index (χ4n) is 2.62. The van der Waals surface area contributed by atoms with Gasteiger partial charge < -0.3 is 10.2 Å². The van der Waals surface area contributed by atoms with Crippen molar-refractivity contribution in [2.45, 2.75) is 19.4 Å². The molecule has 0 saturated carbocycles. The second-order valence-electron chi connectivity index (χ2n) is 5.20. The first-order valence-electron chi connectivity index (χ1n) is 6.66. The quantitative estimate of drug-likeness (QED) is 0.879. The Bertz CT molecular complexity index is 416. The topological polar surface area (TPSA) is 39.1 Å². The predicted molar refractivity (Wildman–Crippen MR) is 73.1 cm³/mol. The molecule has 1 heterocycles. The molecule has 3 nitrogen and oxygen atoms in total. The van der Waals surface area contributed by atoms with Crippen molar-refractivity contribution in [2.75, 3.05) is 26.7 Å². The van der Waals surface area contributed by atoms with Crippen molar-refractivity contribution in [3.63, 3.8) is 0 Å². The van der Waals surface area contributed by atoms with Crippen LogP contribution in [0.3, 0.4) is 0 Å². The molecule has 0 spiro atoms. The summed E-state index contributed by atoms with van der Waals surface area (Å²) in [6, 6.07) is 10.1. The Morgan fingerprint density at radius 3 is 2.89 bits per heavy atom. The van der Waals surface area contributed by atoms with Gasteiger partial charge in [0.05, 0.1) is 11.6 Å². The van der Waals surface area contributed by atoms with Gasteiger partial charge in [-0.15, -0.1) is 0 Å². The Kier molecular flexibility index (Phi) is 4.74. The second kappa shape index (κ2) is 6.53. The molecule has 3 heteroatoms. The van der Waals surface area contributed by atoms with Crippen LogP contribution in [0, 0.1) is 17.2 Å². The highest BCUT2D eigenvalue weighted by atomic mass is 15.1. The van der Waals surface area contributed by atoms with Gasteiger partial charge in [-0.2, -0.15) is 5.26 Å². The first-order chi connectivity index (χ1) is 8.78. The van der Waals surface area contributed by atoms with Crippen molar-refractivity contribution in [3.8, 4) is 6.07 Å². The van der Waals surface area contributed by atoms with E-state index in [1.165, 1.54) is 18.4 Å². The largest absolute Gasteiger partial charge is 0.317 e. The second-order valence-corrected chi connectivity index (χ2v) is 5.20.